The number of hydrogen-bond donors (Lipinski definition) is 1. The Hall–Kier alpha value is -0.800. The summed E-state index contributed by atoms with van der Waals surface area (Å²) in [7, 11) is 2.14. The first kappa shape index (κ1) is 13.6. The highest BCUT2D eigenvalue weighted by Crippen LogP contribution is 2.25. The van der Waals surface area contributed by atoms with E-state index in [1.165, 1.54) is 6.07 Å². The standard InChI is InChI=1S/C14H20ClFN2/c1-10(11-5-7-18(2)8-6-11)17-14-9-12(15)3-4-13(14)16/h3-4,9-11,17H,5-8H2,1-2H3. The van der Waals surface area contributed by atoms with E-state index in [0.29, 0.717) is 16.6 Å². The number of piperidine rings is 1. The first-order valence-corrected chi connectivity index (χ1v) is 6.84. The van der Waals surface area contributed by atoms with Crippen LogP contribution in [0.2, 0.25) is 5.02 Å². The Kier molecular flexibility index (Phi) is 4.46. The zero-order valence-corrected chi connectivity index (χ0v) is 11.7. The summed E-state index contributed by atoms with van der Waals surface area (Å²) in [4.78, 5) is 2.34. The average molecular weight is 271 g/mol. The highest BCUT2D eigenvalue weighted by Gasteiger charge is 2.22. The third-order valence-electron chi connectivity index (χ3n) is 3.78. The van der Waals surface area contributed by atoms with Crippen LogP contribution in [0.5, 0.6) is 0 Å². The Bertz CT molecular complexity index is 403. The molecule has 0 saturated carbocycles. The van der Waals surface area contributed by atoms with E-state index in [1.54, 1.807) is 12.1 Å². The second-order valence-corrected chi connectivity index (χ2v) is 5.63. The van der Waals surface area contributed by atoms with Gasteiger partial charge in [0.25, 0.3) is 0 Å². The van der Waals surface area contributed by atoms with Gasteiger partial charge in [0, 0.05) is 11.1 Å². The van der Waals surface area contributed by atoms with Crippen LogP contribution in [0.4, 0.5) is 10.1 Å². The molecular formula is C14H20ClFN2. The summed E-state index contributed by atoms with van der Waals surface area (Å²) >= 11 is 5.89. The van der Waals surface area contributed by atoms with Gasteiger partial charge < -0.3 is 10.2 Å². The zero-order chi connectivity index (χ0) is 13.1. The Labute approximate surface area is 113 Å². The fourth-order valence-corrected chi connectivity index (χ4v) is 2.67. The number of likely N-dealkylation sites (tertiary alicyclic amines) is 1. The molecule has 1 fully saturated rings. The number of nitrogens with zero attached hydrogens (tertiary/aromatic N) is 1. The van der Waals surface area contributed by atoms with Crippen molar-refractivity contribution in [2.45, 2.75) is 25.8 Å². The van der Waals surface area contributed by atoms with Crippen molar-refractivity contribution in [1.29, 1.82) is 0 Å². The summed E-state index contributed by atoms with van der Waals surface area (Å²) in [6.07, 6.45) is 2.32. The molecule has 1 unspecified atom stereocenters. The third kappa shape index (κ3) is 3.36. The minimum absolute atomic E-state index is 0.237. The van der Waals surface area contributed by atoms with Crippen LogP contribution in [-0.2, 0) is 0 Å². The Morgan fingerprint density at radius 1 is 1.39 bits per heavy atom. The number of anilines is 1. The maximum atomic E-state index is 13.6. The molecule has 1 aliphatic rings. The summed E-state index contributed by atoms with van der Waals surface area (Å²) < 4.78 is 13.6. The van der Waals surface area contributed by atoms with Gasteiger partial charge in [0.15, 0.2) is 0 Å². The van der Waals surface area contributed by atoms with Crippen LogP contribution >= 0.6 is 11.6 Å². The molecular weight excluding hydrogens is 251 g/mol. The van der Waals surface area contributed by atoms with Crippen molar-refractivity contribution in [3.05, 3.63) is 29.0 Å². The van der Waals surface area contributed by atoms with Crippen molar-refractivity contribution in [3.63, 3.8) is 0 Å². The Morgan fingerprint density at radius 2 is 2.06 bits per heavy atom. The monoisotopic (exact) mass is 270 g/mol. The fourth-order valence-electron chi connectivity index (χ4n) is 2.50. The van der Waals surface area contributed by atoms with Gasteiger partial charge in [-0.05, 0) is 64.0 Å². The molecule has 18 heavy (non-hydrogen) atoms. The van der Waals surface area contributed by atoms with E-state index in [2.05, 4.69) is 24.2 Å². The fraction of sp³-hybridized carbons (Fsp3) is 0.571. The highest BCUT2D eigenvalue weighted by molar-refractivity contribution is 6.30. The lowest BCUT2D eigenvalue weighted by molar-refractivity contribution is 0.208. The maximum Gasteiger partial charge on any atom is 0.146 e. The minimum atomic E-state index is -0.237. The van der Waals surface area contributed by atoms with Crippen LogP contribution in [0.25, 0.3) is 0 Å². The van der Waals surface area contributed by atoms with Gasteiger partial charge in [0.1, 0.15) is 5.82 Å². The molecule has 0 bridgehead atoms. The van der Waals surface area contributed by atoms with Crippen LogP contribution < -0.4 is 5.32 Å². The van der Waals surface area contributed by atoms with Gasteiger partial charge in [-0.2, -0.15) is 0 Å². The molecule has 2 nitrogen and oxygen atoms in total. The summed E-state index contributed by atoms with van der Waals surface area (Å²) in [5.41, 5.74) is 0.508. The van der Waals surface area contributed by atoms with Gasteiger partial charge in [0.2, 0.25) is 0 Å². The molecule has 100 valence electrons. The lowest BCUT2D eigenvalue weighted by Crippen LogP contribution is -2.37. The molecule has 1 aliphatic heterocycles. The number of nitrogens with one attached hydrogen (secondary N) is 1. The van der Waals surface area contributed by atoms with E-state index in [0.717, 1.165) is 25.9 Å². The highest BCUT2D eigenvalue weighted by atomic mass is 35.5. The first-order chi connectivity index (χ1) is 8.56. The molecule has 0 aromatic heterocycles. The van der Waals surface area contributed by atoms with E-state index < -0.39 is 0 Å². The van der Waals surface area contributed by atoms with Crippen LogP contribution in [0.3, 0.4) is 0 Å². The van der Waals surface area contributed by atoms with Gasteiger partial charge in [-0.3, -0.25) is 0 Å². The van der Waals surface area contributed by atoms with Crippen molar-refractivity contribution in [1.82, 2.24) is 4.90 Å². The Balaban J connectivity index is 1.98. The molecule has 0 amide bonds. The van der Waals surface area contributed by atoms with Crippen molar-refractivity contribution in [2.75, 3.05) is 25.5 Å². The Morgan fingerprint density at radius 3 is 2.72 bits per heavy atom. The molecule has 1 heterocycles. The molecule has 1 aromatic rings. The third-order valence-corrected chi connectivity index (χ3v) is 4.02. The van der Waals surface area contributed by atoms with Crippen LogP contribution in [0, 0.1) is 11.7 Å². The number of hydrogen-bond acceptors (Lipinski definition) is 2. The van der Waals surface area contributed by atoms with Gasteiger partial charge in [-0.25, -0.2) is 4.39 Å². The second kappa shape index (κ2) is 5.89. The summed E-state index contributed by atoms with van der Waals surface area (Å²) in [6, 6.07) is 4.91. The predicted molar refractivity (Wildman–Crippen MR) is 74.7 cm³/mol. The molecule has 4 heteroatoms. The van der Waals surface area contributed by atoms with Crippen LogP contribution in [0.15, 0.2) is 18.2 Å². The second-order valence-electron chi connectivity index (χ2n) is 5.20. The quantitative estimate of drug-likeness (QED) is 0.902. The maximum absolute atomic E-state index is 13.6. The molecule has 1 saturated heterocycles. The van der Waals surface area contributed by atoms with Gasteiger partial charge >= 0.3 is 0 Å². The number of halogens is 2. The first-order valence-electron chi connectivity index (χ1n) is 6.46. The molecule has 2 rings (SSSR count). The van der Waals surface area contributed by atoms with Crippen molar-refractivity contribution in [3.8, 4) is 0 Å². The van der Waals surface area contributed by atoms with Gasteiger partial charge in [-0.1, -0.05) is 11.6 Å². The predicted octanol–water partition coefficient (Wildman–Crippen LogP) is 3.62. The average Bonchev–Trinajstić information content (AvgIpc) is 2.34. The SMILES string of the molecule is CC(Nc1cc(Cl)ccc1F)C1CCN(C)CC1. The summed E-state index contributed by atoms with van der Waals surface area (Å²) in [5.74, 6) is 0.360. The van der Waals surface area contributed by atoms with E-state index in [1.807, 2.05) is 0 Å². The van der Waals surface area contributed by atoms with Crippen molar-refractivity contribution < 1.29 is 4.39 Å². The zero-order valence-electron chi connectivity index (χ0n) is 10.9. The largest absolute Gasteiger partial charge is 0.380 e. The smallest absolute Gasteiger partial charge is 0.146 e. The van der Waals surface area contributed by atoms with Gasteiger partial charge in [-0.15, -0.1) is 0 Å². The minimum Gasteiger partial charge on any atom is -0.380 e. The van der Waals surface area contributed by atoms with Gasteiger partial charge in [0.05, 0.1) is 5.69 Å². The van der Waals surface area contributed by atoms with Crippen LogP contribution in [0.1, 0.15) is 19.8 Å². The molecule has 0 radical (unpaired) electrons. The lowest BCUT2D eigenvalue weighted by atomic mass is 9.90. The van der Waals surface area contributed by atoms with Crippen LogP contribution in [-0.4, -0.2) is 31.1 Å². The van der Waals surface area contributed by atoms with E-state index in [4.69, 9.17) is 11.6 Å². The molecule has 1 N–H and O–H groups in total. The lowest BCUT2D eigenvalue weighted by Gasteiger charge is -2.33. The number of rotatable bonds is 3. The number of benzene rings is 1. The molecule has 0 spiro atoms. The summed E-state index contributed by atoms with van der Waals surface area (Å²) in [6.45, 7) is 4.36. The van der Waals surface area contributed by atoms with E-state index >= 15 is 0 Å². The molecule has 1 aromatic carbocycles. The normalized spacial score (nSPS) is 19.8. The van der Waals surface area contributed by atoms with E-state index in [9.17, 15) is 4.39 Å². The van der Waals surface area contributed by atoms with Crippen molar-refractivity contribution in [2.24, 2.45) is 5.92 Å². The van der Waals surface area contributed by atoms with Crippen molar-refractivity contribution >= 4 is 17.3 Å². The topological polar surface area (TPSA) is 15.3 Å². The summed E-state index contributed by atoms with van der Waals surface area (Å²) in [5, 5.41) is 3.82. The van der Waals surface area contributed by atoms with E-state index in [-0.39, 0.29) is 11.9 Å². The molecule has 0 aliphatic carbocycles. The molecule has 1 atom stereocenters.